The summed E-state index contributed by atoms with van der Waals surface area (Å²) in [6.07, 6.45) is 14.0. The van der Waals surface area contributed by atoms with Crippen molar-refractivity contribution < 1.29 is 21.8 Å². The molecule has 0 saturated carbocycles. The molecule has 0 fully saturated rings. The van der Waals surface area contributed by atoms with Crippen molar-refractivity contribution in [1.82, 2.24) is 0 Å². The van der Waals surface area contributed by atoms with Gasteiger partial charge in [0, 0.05) is 0 Å². The Morgan fingerprint density at radius 3 is 2.62 bits per heavy atom. The van der Waals surface area contributed by atoms with Crippen LogP contribution in [0.25, 0.3) is 0 Å². The van der Waals surface area contributed by atoms with E-state index in [0.29, 0.717) is 0 Å². The molecule has 0 atom stereocenters. The van der Waals surface area contributed by atoms with Crippen LogP contribution >= 0.6 is 0 Å². The van der Waals surface area contributed by atoms with Crippen LogP contribution in [0.5, 0.6) is 0 Å². The Bertz CT molecular complexity index is 329. The predicted octanol–water partition coefficient (Wildman–Crippen LogP) is 3.73. The second-order valence-electron chi connectivity index (χ2n) is 3.72. The molecule has 0 N–H and O–H groups in total. The molecule has 1 heteroatoms. The molecule has 0 saturated heterocycles. The number of rotatable bonds is 2. The average Bonchev–Trinajstić information content (AvgIpc) is 2.72. The molecule has 67 valence electrons. The molecule has 0 aromatic carbocycles. The van der Waals surface area contributed by atoms with Crippen molar-refractivity contribution in [3.05, 3.63) is 42.5 Å². The fourth-order valence-electron chi connectivity index (χ4n) is 1.98. The standard InChI is InChI=1S/C6H7.C5H5.CH3.Zr/c1-6-4-2-3-5-6;1-2-4-5-3-1;;/h2,4H,3H2,1H3;1-3H,4H2;1H3;. The molecule has 2 aliphatic rings. The van der Waals surface area contributed by atoms with Crippen LogP contribution in [0, 0.1) is 0 Å². The van der Waals surface area contributed by atoms with Gasteiger partial charge in [0.25, 0.3) is 0 Å². The van der Waals surface area contributed by atoms with Gasteiger partial charge < -0.3 is 0 Å². The van der Waals surface area contributed by atoms with E-state index in [1.807, 2.05) is 0 Å². The summed E-state index contributed by atoms with van der Waals surface area (Å²) in [6.45, 7) is 2.27. The van der Waals surface area contributed by atoms with Crippen LogP contribution in [0.15, 0.2) is 42.5 Å². The molecule has 0 aromatic heterocycles. The number of hydrogen-bond donors (Lipinski definition) is 0. The molecule has 0 aromatic rings. The van der Waals surface area contributed by atoms with Gasteiger partial charge in [0.15, 0.2) is 0 Å². The summed E-state index contributed by atoms with van der Waals surface area (Å²) < 4.78 is 6.09. The van der Waals surface area contributed by atoms with Gasteiger partial charge in [-0.2, -0.15) is 0 Å². The summed E-state index contributed by atoms with van der Waals surface area (Å²) in [7, 11) is 0. The van der Waals surface area contributed by atoms with Crippen molar-refractivity contribution in [1.29, 1.82) is 0 Å². The zero-order valence-corrected chi connectivity index (χ0v) is 10.8. The summed E-state index contributed by atoms with van der Waals surface area (Å²) >= 11 is -1.33. The molecule has 2 rings (SSSR count). The molecule has 0 amide bonds. The van der Waals surface area contributed by atoms with E-state index in [1.54, 1.807) is 12.1 Å². The topological polar surface area (TPSA) is 0 Å². The van der Waals surface area contributed by atoms with Crippen molar-refractivity contribution in [3.8, 4) is 0 Å². The molecule has 0 bridgehead atoms. The van der Waals surface area contributed by atoms with Gasteiger partial charge in [0.05, 0.1) is 0 Å². The van der Waals surface area contributed by atoms with Crippen molar-refractivity contribution >= 4 is 0 Å². The molecule has 13 heavy (non-hydrogen) atoms. The first-order chi connectivity index (χ1) is 6.29. The zero-order valence-electron chi connectivity index (χ0n) is 8.30. The quantitative estimate of drug-likeness (QED) is 0.700. The van der Waals surface area contributed by atoms with Gasteiger partial charge in [-0.1, -0.05) is 0 Å². The third kappa shape index (κ3) is 1.86. The van der Waals surface area contributed by atoms with Gasteiger partial charge in [-0.15, -0.1) is 0 Å². The van der Waals surface area contributed by atoms with Gasteiger partial charge in [-0.3, -0.25) is 0 Å². The first kappa shape index (κ1) is 9.40. The fraction of sp³-hybridized carbons (Fsp3) is 0.333. The Kier molecular flexibility index (Phi) is 2.84. The Morgan fingerprint density at radius 2 is 2.08 bits per heavy atom. The maximum absolute atomic E-state index is 2.52. The van der Waals surface area contributed by atoms with E-state index in [0.717, 1.165) is 0 Å². The van der Waals surface area contributed by atoms with E-state index in [1.165, 1.54) is 12.8 Å². The minimum absolute atomic E-state index is 1.24. The minimum atomic E-state index is -1.33. The van der Waals surface area contributed by atoms with Gasteiger partial charge in [-0.25, -0.2) is 0 Å². The van der Waals surface area contributed by atoms with Crippen molar-refractivity contribution in [3.63, 3.8) is 0 Å². The molecular formula is C12H15Zr. The monoisotopic (exact) mass is 249 g/mol. The molecule has 0 spiro atoms. The van der Waals surface area contributed by atoms with E-state index in [2.05, 4.69) is 41.9 Å². The summed E-state index contributed by atoms with van der Waals surface area (Å²) in [5.41, 5.74) is 1.56. The molecule has 0 nitrogen and oxygen atoms in total. The van der Waals surface area contributed by atoms with Crippen LogP contribution in [0.3, 0.4) is 0 Å². The SMILES string of the molecule is CC1=[C]([Zr]([CH3])[C]2=CC=CC2)CC=C1. The third-order valence-corrected chi connectivity index (χ3v) is 9.85. The summed E-state index contributed by atoms with van der Waals surface area (Å²) in [6, 6.07) is 0. The molecule has 2 aliphatic carbocycles. The van der Waals surface area contributed by atoms with Crippen LogP contribution in [0.2, 0.25) is 4.63 Å². The van der Waals surface area contributed by atoms with Crippen LogP contribution < -0.4 is 0 Å². The second-order valence-corrected chi connectivity index (χ2v) is 9.85. The first-order valence-corrected chi connectivity index (χ1v) is 9.77. The summed E-state index contributed by atoms with van der Waals surface area (Å²) in [5.74, 6) is 0. The third-order valence-electron chi connectivity index (χ3n) is 2.87. The van der Waals surface area contributed by atoms with E-state index < -0.39 is 21.8 Å². The maximum atomic E-state index is 2.52. The molecule has 0 heterocycles. The van der Waals surface area contributed by atoms with E-state index in [-0.39, 0.29) is 0 Å². The molecule has 0 radical (unpaired) electrons. The normalized spacial score (nSPS) is 20.0. The Labute approximate surface area is 88.4 Å². The van der Waals surface area contributed by atoms with E-state index in [9.17, 15) is 0 Å². The predicted molar refractivity (Wildman–Crippen MR) is 54.2 cm³/mol. The van der Waals surface area contributed by atoms with E-state index >= 15 is 0 Å². The van der Waals surface area contributed by atoms with Crippen LogP contribution in [0.4, 0.5) is 0 Å². The van der Waals surface area contributed by atoms with Gasteiger partial charge >= 0.3 is 88.7 Å². The first-order valence-electron chi connectivity index (χ1n) is 4.85. The van der Waals surface area contributed by atoms with Crippen molar-refractivity contribution in [2.24, 2.45) is 0 Å². The number of allylic oxidation sites excluding steroid dienone is 8. The summed E-state index contributed by atoms with van der Waals surface area (Å²) in [5, 5.41) is 0. The van der Waals surface area contributed by atoms with Crippen LogP contribution in [-0.4, -0.2) is 0 Å². The Hall–Kier alpha value is -0.157. The molecule has 0 aliphatic heterocycles. The molecule has 0 unspecified atom stereocenters. The molecular weight excluding hydrogens is 235 g/mol. The number of hydrogen-bond acceptors (Lipinski definition) is 0. The zero-order chi connectivity index (χ0) is 9.26. The Balaban J connectivity index is 2.14. The van der Waals surface area contributed by atoms with Gasteiger partial charge in [-0.05, 0) is 0 Å². The van der Waals surface area contributed by atoms with Gasteiger partial charge in [0.2, 0.25) is 0 Å². The Morgan fingerprint density at radius 1 is 1.23 bits per heavy atom. The van der Waals surface area contributed by atoms with Crippen LogP contribution in [0.1, 0.15) is 19.8 Å². The second kappa shape index (κ2) is 3.92. The van der Waals surface area contributed by atoms with E-state index in [4.69, 9.17) is 0 Å². The van der Waals surface area contributed by atoms with Crippen LogP contribution in [-0.2, 0) is 21.8 Å². The average molecular weight is 250 g/mol. The van der Waals surface area contributed by atoms with Crippen molar-refractivity contribution in [2.75, 3.05) is 0 Å². The summed E-state index contributed by atoms with van der Waals surface area (Å²) in [4.78, 5) is 0. The van der Waals surface area contributed by atoms with Gasteiger partial charge in [0.1, 0.15) is 0 Å². The fourth-order valence-corrected chi connectivity index (χ4v) is 7.53. The van der Waals surface area contributed by atoms with Crippen molar-refractivity contribution in [2.45, 2.75) is 24.4 Å².